The van der Waals surface area contributed by atoms with Gasteiger partial charge in [-0.1, -0.05) is 18.2 Å². The van der Waals surface area contributed by atoms with Crippen molar-refractivity contribution in [3.8, 4) is 0 Å². The molecule has 0 atom stereocenters. The van der Waals surface area contributed by atoms with Crippen molar-refractivity contribution in [2.75, 3.05) is 110 Å². The van der Waals surface area contributed by atoms with Gasteiger partial charge in [-0.15, -0.1) is 11.6 Å². The summed E-state index contributed by atoms with van der Waals surface area (Å²) < 4.78 is 81.9. The Kier molecular flexibility index (Phi) is 20.4. The molecule has 14 heteroatoms. The molecule has 0 aromatic heterocycles. The quantitative estimate of drug-likeness (QED) is 0.0853. The van der Waals surface area contributed by atoms with Crippen LogP contribution in [0.1, 0.15) is 15.9 Å². The van der Waals surface area contributed by atoms with Gasteiger partial charge in [-0.3, -0.25) is 0 Å². The minimum atomic E-state index is -4.47. The van der Waals surface area contributed by atoms with Crippen molar-refractivity contribution in [3.05, 3.63) is 59.7 Å². The van der Waals surface area contributed by atoms with Crippen LogP contribution in [-0.2, 0) is 44.1 Å². The Labute approximate surface area is 260 Å². The molecule has 0 aliphatic rings. The largest absolute Gasteiger partial charge is 0.460 e. The van der Waals surface area contributed by atoms with Crippen LogP contribution in [0.5, 0.6) is 0 Å². The Hall–Kier alpha value is -2.49. The van der Waals surface area contributed by atoms with Crippen molar-refractivity contribution in [2.45, 2.75) is 6.18 Å². The fraction of sp³-hybridized carbons (Fsp3) is 0.567. The van der Waals surface area contributed by atoms with Crippen molar-refractivity contribution < 1.29 is 55.9 Å². The number of hydrogen-bond acceptors (Lipinski definition) is 10. The molecule has 0 amide bonds. The number of esters is 1. The second-order valence-electron chi connectivity index (χ2n) is 8.86. The van der Waals surface area contributed by atoms with E-state index in [0.29, 0.717) is 97.5 Å². The van der Waals surface area contributed by atoms with Gasteiger partial charge in [-0.25, -0.2) is 4.79 Å². The first-order chi connectivity index (χ1) is 21.4. The van der Waals surface area contributed by atoms with Crippen LogP contribution < -0.4 is 5.32 Å². The SMILES string of the molecule is O=C(OCCOCCOCCOCCOCCOCCOCCOCCCl)c1ccccc1Nc1cccc(C(F)(F)F)c1. The number of benzene rings is 2. The van der Waals surface area contributed by atoms with E-state index in [1.807, 2.05) is 0 Å². The number of para-hydroxylation sites is 1. The van der Waals surface area contributed by atoms with E-state index in [4.69, 9.17) is 49.5 Å². The zero-order valence-electron chi connectivity index (χ0n) is 24.6. The lowest BCUT2D eigenvalue weighted by atomic mass is 10.1. The Morgan fingerprint density at radius 1 is 0.614 bits per heavy atom. The first-order valence-electron chi connectivity index (χ1n) is 14.2. The van der Waals surface area contributed by atoms with Crippen molar-refractivity contribution in [1.29, 1.82) is 0 Å². The van der Waals surface area contributed by atoms with Crippen LogP contribution in [0.3, 0.4) is 0 Å². The second kappa shape index (κ2) is 23.8. The van der Waals surface area contributed by atoms with Gasteiger partial charge in [0.25, 0.3) is 0 Å². The molecular weight excluding hydrogens is 611 g/mol. The molecule has 10 nitrogen and oxygen atoms in total. The maximum Gasteiger partial charge on any atom is 0.416 e. The minimum Gasteiger partial charge on any atom is -0.460 e. The lowest BCUT2D eigenvalue weighted by Gasteiger charge is -2.13. The van der Waals surface area contributed by atoms with Crippen molar-refractivity contribution in [2.24, 2.45) is 0 Å². The lowest BCUT2D eigenvalue weighted by Crippen LogP contribution is -2.15. The standard InChI is InChI=1S/C30H41ClF3NO9/c31-8-9-37-10-11-38-12-13-39-14-15-40-16-17-41-18-19-42-20-21-43-22-23-44-29(36)27-6-1-2-7-28(27)35-26-5-3-4-25(24-26)30(32,33)34/h1-7,24,35H,8-23H2. The number of hydrogen-bond donors (Lipinski definition) is 1. The fourth-order valence-electron chi connectivity index (χ4n) is 3.45. The summed E-state index contributed by atoms with van der Waals surface area (Å²) in [4.78, 5) is 12.5. The molecule has 0 spiro atoms. The van der Waals surface area contributed by atoms with E-state index in [-0.39, 0.29) is 24.5 Å². The second-order valence-corrected chi connectivity index (χ2v) is 9.24. The normalized spacial score (nSPS) is 11.5. The Morgan fingerprint density at radius 3 is 1.55 bits per heavy atom. The highest BCUT2D eigenvalue weighted by molar-refractivity contribution is 6.17. The molecule has 0 bridgehead atoms. The predicted octanol–water partition coefficient (Wildman–Crippen LogP) is 4.96. The van der Waals surface area contributed by atoms with Crippen molar-refractivity contribution >= 4 is 28.9 Å². The van der Waals surface area contributed by atoms with E-state index in [9.17, 15) is 18.0 Å². The molecule has 0 radical (unpaired) electrons. The Balaban J connectivity index is 1.42. The average molecular weight is 652 g/mol. The first kappa shape index (κ1) is 37.7. The summed E-state index contributed by atoms with van der Waals surface area (Å²) >= 11 is 5.50. The van der Waals surface area contributed by atoms with Gasteiger partial charge in [0, 0.05) is 11.6 Å². The van der Waals surface area contributed by atoms with Gasteiger partial charge in [0.15, 0.2) is 0 Å². The van der Waals surface area contributed by atoms with E-state index in [1.165, 1.54) is 18.2 Å². The predicted molar refractivity (Wildman–Crippen MR) is 158 cm³/mol. The van der Waals surface area contributed by atoms with Crippen molar-refractivity contribution in [1.82, 2.24) is 0 Å². The summed E-state index contributed by atoms with van der Waals surface area (Å²) in [6, 6.07) is 11.1. The van der Waals surface area contributed by atoms with Gasteiger partial charge in [0.05, 0.1) is 109 Å². The van der Waals surface area contributed by atoms with E-state index in [2.05, 4.69) is 5.32 Å². The molecule has 0 aliphatic carbocycles. The monoisotopic (exact) mass is 651 g/mol. The van der Waals surface area contributed by atoms with Crippen LogP contribution in [-0.4, -0.2) is 111 Å². The molecule has 0 aliphatic heterocycles. The average Bonchev–Trinajstić information content (AvgIpc) is 3.01. The number of ether oxygens (including phenoxy) is 8. The molecule has 0 heterocycles. The number of carbonyl (C=O) groups is 1. The number of carbonyl (C=O) groups excluding carboxylic acids is 1. The van der Waals surface area contributed by atoms with E-state index < -0.39 is 17.7 Å². The van der Waals surface area contributed by atoms with Crippen LogP contribution in [0.4, 0.5) is 24.5 Å². The first-order valence-corrected chi connectivity index (χ1v) is 14.8. The van der Waals surface area contributed by atoms with Crippen LogP contribution in [0.15, 0.2) is 48.5 Å². The summed E-state index contributed by atoms with van der Waals surface area (Å²) in [6.07, 6.45) is -4.47. The summed E-state index contributed by atoms with van der Waals surface area (Å²) in [7, 11) is 0. The van der Waals surface area contributed by atoms with Crippen LogP contribution in [0.2, 0.25) is 0 Å². The Bertz CT molecular complexity index is 1030. The highest BCUT2D eigenvalue weighted by atomic mass is 35.5. The van der Waals surface area contributed by atoms with Crippen molar-refractivity contribution in [3.63, 3.8) is 0 Å². The highest BCUT2D eigenvalue weighted by Gasteiger charge is 2.30. The maximum atomic E-state index is 13.0. The van der Waals surface area contributed by atoms with E-state index >= 15 is 0 Å². The summed E-state index contributed by atoms with van der Waals surface area (Å²) in [6.45, 7) is 5.99. The summed E-state index contributed by atoms with van der Waals surface area (Å²) in [5.41, 5.74) is -0.0810. The lowest BCUT2D eigenvalue weighted by molar-refractivity contribution is -0.137. The van der Waals surface area contributed by atoms with Crippen LogP contribution in [0, 0.1) is 0 Å². The zero-order chi connectivity index (χ0) is 31.7. The molecule has 0 fully saturated rings. The number of halogens is 4. The third kappa shape index (κ3) is 17.7. The third-order valence-electron chi connectivity index (χ3n) is 5.53. The van der Waals surface area contributed by atoms with E-state index in [1.54, 1.807) is 18.2 Å². The molecule has 2 aromatic rings. The topological polar surface area (TPSA) is 103 Å². The third-order valence-corrected chi connectivity index (χ3v) is 5.68. The molecule has 0 unspecified atom stereocenters. The number of nitrogens with one attached hydrogen (secondary N) is 1. The van der Waals surface area contributed by atoms with E-state index in [0.717, 1.165) is 12.1 Å². The summed E-state index contributed by atoms with van der Waals surface area (Å²) in [5, 5.41) is 2.85. The number of anilines is 2. The zero-order valence-corrected chi connectivity index (χ0v) is 25.4. The van der Waals surface area contributed by atoms with Gasteiger partial charge in [0.2, 0.25) is 0 Å². The van der Waals surface area contributed by atoms with Gasteiger partial charge < -0.3 is 43.2 Å². The Morgan fingerprint density at radius 2 is 1.07 bits per heavy atom. The molecular formula is C30H41ClF3NO9. The molecule has 0 saturated heterocycles. The number of rotatable bonds is 26. The van der Waals surface area contributed by atoms with Gasteiger partial charge in [0.1, 0.15) is 6.61 Å². The molecule has 44 heavy (non-hydrogen) atoms. The molecule has 248 valence electrons. The highest BCUT2D eigenvalue weighted by Crippen LogP contribution is 2.32. The molecule has 2 aromatic carbocycles. The minimum absolute atomic E-state index is 0.00349. The fourth-order valence-corrected chi connectivity index (χ4v) is 3.56. The molecule has 1 N–H and O–H groups in total. The van der Waals surface area contributed by atoms with Crippen LogP contribution in [0.25, 0.3) is 0 Å². The number of alkyl halides is 4. The maximum absolute atomic E-state index is 13.0. The smallest absolute Gasteiger partial charge is 0.416 e. The van der Waals surface area contributed by atoms with Gasteiger partial charge in [-0.05, 0) is 30.3 Å². The van der Waals surface area contributed by atoms with Crippen LogP contribution >= 0.6 is 11.6 Å². The van der Waals surface area contributed by atoms with Gasteiger partial charge >= 0.3 is 12.1 Å². The molecule has 0 saturated carbocycles. The summed E-state index contributed by atoms with van der Waals surface area (Å²) in [5.74, 6) is -0.151. The van der Waals surface area contributed by atoms with Gasteiger partial charge in [-0.2, -0.15) is 13.2 Å². The molecule has 2 rings (SSSR count).